The zero-order valence-corrected chi connectivity index (χ0v) is 27.0. The number of hydrogen-bond donors (Lipinski definition) is 1. The number of aromatic nitrogens is 5. The monoisotopic (exact) mass is 639 g/mol. The van der Waals surface area contributed by atoms with Crippen LogP contribution >= 0.6 is 0 Å². The van der Waals surface area contributed by atoms with Crippen LogP contribution in [0.25, 0.3) is 94.6 Å². The Kier molecular flexibility index (Phi) is 6.42. The molecule has 5 heteroatoms. The van der Waals surface area contributed by atoms with Gasteiger partial charge in [0.1, 0.15) is 0 Å². The lowest BCUT2D eigenvalue weighted by Crippen LogP contribution is -2.01. The summed E-state index contributed by atoms with van der Waals surface area (Å²) in [6.45, 7) is 0. The molecule has 0 spiro atoms. The van der Waals surface area contributed by atoms with Crippen molar-refractivity contribution in [3.63, 3.8) is 0 Å². The van der Waals surface area contributed by atoms with Crippen molar-refractivity contribution in [3.05, 3.63) is 170 Å². The van der Waals surface area contributed by atoms with Crippen LogP contribution in [0, 0.1) is 0 Å². The predicted octanol–water partition coefficient (Wildman–Crippen LogP) is 11.3. The molecule has 10 rings (SSSR count). The molecule has 0 unspecified atom stereocenters. The predicted molar refractivity (Wildman–Crippen MR) is 205 cm³/mol. The third-order valence-electron chi connectivity index (χ3n) is 9.57. The first-order valence-corrected chi connectivity index (χ1v) is 16.8. The lowest BCUT2D eigenvalue weighted by molar-refractivity contribution is 1.07. The minimum Gasteiger partial charge on any atom is -0.355 e. The molecule has 0 saturated carbocycles. The second kappa shape index (κ2) is 11.4. The molecular weight excluding hydrogens is 611 g/mol. The molecule has 0 aliphatic carbocycles. The molecule has 0 aliphatic rings. The number of rotatable bonds is 5. The van der Waals surface area contributed by atoms with Crippen LogP contribution in [0.1, 0.15) is 0 Å². The highest BCUT2D eigenvalue weighted by molar-refractivity contribution is 6.12. The van der Waals surface area contributed by atoms with Crippen LogP contribution in [-0.4, -0.2) is 24.5 Å². The van der Waals surface area contributed by atoms with E-state index < -0.39 is 0 Å². The maximum atomic E-state index is 4.99. The highest BCUT2D eigenvalue weighted by Gasteiger charge is 2.16. The average Bonchev–Trinajstić information content (AvgIpc) is 3.73. The second-order valence-electron chi connectivity index (χ2n) is 12.6. The molecule has 0 saturated heterocycles. The zero-order valence-electron chi connectivity index (χ0n) is 27.0. The summed E-state index contributed by atoms with van der Waals surface area (Å²) in [6, 6.07) is 59.4. The fourth-order valence-electron chi connectivity index (χ4n) is 7.18. The van der Waals surface area contributed by atoms with Crippen molar-refractivity contribution < 1.29 is 0 Å². The molecule has 0 atom stereocenters. The minimum absolute atomic E-state index is 0.635. The number of aromatic amines is 1. The average molecular weight is 640 g/mol. The van der Waals surface area contributed by atoms with Crippen molar-refractivity contribution in [2.45, 2.75) is 0 Å². The van der Waals surface area contributed by atoms with Crippen molar-refractivity contribution >= 4 is 43.6 Å². The van der Waals surface area contributed by atoms with Gasteiger partial charge in [0, 0.05) is 55.0 Å². The molecule has 50 heavy (non-hydrogen) atoms. The lowest BCUT2D eigenvalue weighted by Gasteiger charge is -2.12. The molecule has 5 nitrogen and oxygen atoms in total. The first-order valence-electron chi connectivity index (χ1n) is 16.8. The Labute approximate surface area is 288 Å². The highest BCUT2D eigenvalue weighted by atomic mass is 15.0. The smallest absolute Gasteiger partial charge is 0.164 e. The lowest BCUT2D eigenvalue weighted by atomic mass is 10.0. The van der Waals surface area contributed by atoms with E-state index in [0.717, 1.165) is 44.4 Å². The Hall–Kier alpha value is -6.85. The molecule has 0 radical (unpaired) electrons. The van der Waals surface area contributed by atoms with Crippen molar-refractivity contribution in [2.75, 3.05) is 0 Å². The van der Waals surface area contributed by atoms with E-state index in [9.17, 15) is 0 Å². The molecule has 10 aromatic rings. The molecule has 0 aliphatic heterocycles. The molecule has 7 aromatic carbocycles. The van der Waals surface area contributed by atoms with Gasteiger partial charge in [-0.1, -0.05) is 121 Å². The first-order chi connectivity index (χ1) is 24.8. The second-order valence-corrected chi connectivity index (χ2v) is 12.6. The van der Waals surface area contributed by atoms with E-state index in [1.807, 2.05) is 60.7 Å². The first kappa shape index (κ1) is 28.2. The normalized spacial score (nSPS) is 11.6. The fraction of sp³-hybridized carbons (Fsp3) is 0. The zero-order chi connectivity index (χ0) is 33.0. The van der Waals surface area contributed by atoms with Crippen molar-refractivity contribution in [1.29, 1.82) is 0 Å². The standard InChI is InChI=1S/C45H29N5/c1-3-12-29(13-4-1)43-47-44(30-14-5-2-6-15-30)49-45(48-43)33-16-11-17-34(26-33)50-41-21-10-8-19-36(41)38-28-32(23-25-42(38)50)31-22-24-40-37(27-31)35-18-7-9-20-39(35)46-40/h1-28,46H. The third kappa shape index (κ3) is 4.67. The Morgan fingerprint density at radius 1 is 0.340 bits per heavy atom. The SMILES string of the molecule is c1ccc(-c2nc(-c3ccccc3)nc(-c3cccc(-n4c5ccccc5c5cc(-c6ccc7[nH]c8ccccc8c7c6)ccc54)c3)n2)cc1. The van der Waals surface area contributed by atoms with Gasteiger partial charge in [0.25, 0.3) is 0 Å². The Morgan fingerprint density at radius 3 is 1.62 bits per heavy atom. The van der Waals surface area contributed by atoms with E-state index in [2.05, 4.69) is 119 Å². The highest BCUT2D eigenvalue weighted by Crippen LogP contribution is 2.37. The van der Waals surface area contributed by atoms with Gasteiger partial charge in [0.2, 0.25) is 0 Å². The molecular formula is C45H29N5. The van der Waals surface area contributed by atoms with Gasteiger partial charge in [-0.3, -0.25) is 0 Å². The van der Waals surface area contributed by atoms with E-state index in [1.165, 1.54) is 32.7 Å². The van der Waals surface area contributed by atoms with Gasteiger partial charge >= 0.3 is 0 Å². The Balaban J connectivity index is 1.12. The molecule has 234 valence electrons. The Morgan fingerprint density at radius 2 is 0.880 bits per heavy atom. The summed E-state index contributed by atoms with van der Waals surface area (Å²) in [6.07, 6.45) is 0. The number of H-pyrrole nitrogens is 1. The number of nitrogens with zero attached hydrogens (tertiary/aromatic N) is 4. The van der Waals surface area contributed by atoms with Gasteiger partial charge in [-0.2, -0.15) is 0 Å². The van der Waals surface area contributed by atoms with Crippen LogP contribution in [0.4, 0.5) is 0 Å². The summed E-state index contributed by atoms with van der Waals surface area (Å²) in [5, 5.41) is 4.90. The van der Waals surface area contributed by atoms with E-state index >= 15 is 0 Å². The maximum absolute atomic E-state index is 4.99. The third-order valence-corrected chi connectivity index (χ3v) is 9.57. The number of hydrogen-bond acceptors (Lipinski definition) is 3. The van der Waals surface area contributed by atoms with E-state index in [4.69, 9.17) is 15.0 Å². The molecule has 3 aromatic heterocycles. The van der Waals surface area contributed by atoms with Gasteiger partial charge in [0.05, 0.1) is 11.0 Å². The summed E-state index contributed by atoms with van der Waals surface area (Å²) < 4.78 is 2.35. The van der Waals surface area contributed by atoms with Gasteiger partial charge < -0.3 is 9.55 Å². The largest absolute Gasteiger partial charge is 0.355 e. The summed E-state index contributed by atoms with van der Waals surface area (Å²) in [5.41, 5.74) is 10.9. The van der Waals surface area contributed by atoms with Gasteiger partial charge in [0.15, 0.2) is 17.5 Å². The van der Waals surface area contributed by atoms with Gasteiger partial charge in [-0.15, -0.1) is 0 Å². The minimum atomic E-state index is 0.635. The molecule has 1 N–H and O–H groups in total. The number of benzene rings is 7. The summed E-state index contributed by atoms with van der Waals surface area (Å²) in [5.74, 6) is 1.93. The number of fused-ring (bicyclic) bond motifs is 6. The van der Waals surface area contributed by atoms with Crippen molar-refractivity contribution in [1.82, 2.24) is 24.5 Å². The van der Waals surface area contributed by atoms with E-state index in [1.54, 1.807) is 0 Å². The summed E-state index contributed by atoms with van der Waals surface area (Å²) >= 11 is 0. The van der Waals surface area contributed by atoms with Crippen molar-refractivity contribution in [2.24, 2.45) is 0 Å². The van der Waals surface area contributed by atoms with Crippen molar-refractivity contribution in [3.8, 4) is 51.0 Å². The van der Waals surface area contributed by atoms with Crippen LogP contribution in [-0.2, 0) is 0 Å². The Bertz CT molecular complexity index is 2810. The van der Waals surface area contributed by atoms with Gasteiger partial charge in [-0.25, -0.2) is 15.0 Å². The molecule has 3 heterocycles. The molecule has 0 bridgehead atoms. The van der Waals surface area contributed by atoms with Crippen LogP contribution in [0.5, 0.6) is 0 Å². The maximum Gasteiger partial charge on any atom is 0.164 e. The van der Waals surface area contributed by atoms with E-state index in [0.29, 0.717) is 17.5 Å². The van der Waals surface area contributed by atoms with Crippen LogP contribution in [0.3, 0.4) is 0 Å². The fourth-order valence-corrected chi connectivity index (χ4v) is 7.18. The van der Waals surface area contributed by atoms with Crippen LogP contribution < -0.4 is 0 Å². The summed E-state index contributed by atoms with van der Waals surface area (Å²) in [7, 11) is 0. The number of para-hydroxylation sites is 2. The van der Waals surface area contributed by atoms with Gasteiger partial charge in [-0.05, 0) is 59.7 Å². The van der Waals surface area contributed by atoms with Crippen LogP contribution in [0.2, 0.25) is 0 Å². The molecule has 0 amide bonds. The van der Waals surface area contributed by atoms with Crippen LogP contribution in [0.15, 0.2) is 170 Å². The number of nitrogens with one attached hydrogen (secondary N) is 1. The quantitative estimate of drug-likeness (QED) is 0.204. The summed E-state index contributed by atoms with van der Waals surface area (Å²) in [4.78, 5) is 18.4. The molecule has 0 fully saturated rings. The van der Waals surface area contributed by atoms with E-state index in [-0.39, 0.29) is 0 Å². The topological polar surface area (TPSA) is 59.4 Å².